The summed E-state index contributed by atoms with van der Waals surface area (Å²) in [6.07, 6.45) is 6.09. The number of ether oxygens (including phenoxy) is 2. The Labute approximate surface area is 126 Å². The number of rotatable bonds is 2. The zero-order valence-corrected chi connectivity index (χ0v) is 12.8. The lowest BCUT2D eigenvalue weighted by Gasteiger charge is -2.36. The highest BCUT2D eigenvalue weighted by molar-refractivity contribution is 5.43. The lowest BCUT2D eigenvalue weighted by molar-refractivity contribution is 0.106. The second-order valence-corrected chi connectivity index (χ2v) is 6.40. The zero-order chi connectivity index (χ0) is 14.4. The number of nitrogens with zero attached hydrogens (tertiary/aromatic N) is 1. The van der Waals surface area contributed by atoms with Gasteiger partial charge in [0.05, 0.1) is 13.2 Å². The Morgan fingerprint density at radius 1 is 1.14 bits per heavy atom. The Bertz CT molecular complexity index is 581. The summed E-state index contributed by atoms with van der Waals surface area (Å²) in [6, 6.07) is 7.21. The highest BCUT2D eigenvalue weighted by Gasteiger charge is 2.42. The minimum absolute atomic E-state index is 0.262. The lowest BCUT2D eigenvalue weighted by atomic mass is 9.77. The minimum Gasteiger partial charge on any atom is -0.497 e. The van der Waals surface area contributed by atoms with Crippen molar-refractivity contribution < 1.29 is 9.47 Å². The first-order valence-electron chi connectivity index (χ1n) is 7.94. The lowest BCUT2D eigenvalue weighted by Crippen LogP contribution is -2.38. The molecule has 0 amide bonds. The van der Waals surface area contributed by atoms with Gasteiger partial charge in [0.2, 0.25) is 0 Å². The average Bonchev–Trinajstić information content (AvgIpc) is 2.87. The molecular weight excluding hydrogens is 262 g/mol. The van der Waals surface area contributed by atoms with Crippen molar-refractivity contribution in [1.82, 2.24) is 4.90 Å². The third kappa shape index (κ3) is 2.11. The summed E-state index contributed by atoms with van der Waals surface area (Å²) in [5.41, 5.74) is 4.57. The van der Waals surface area contributed by atoms with Crippen molar-refractivity contribution in [3.05, 3.63) is 41.0 Å². The molecule has 1 aromatic carbocycles. The van der Waals surface area contributed by atoms with Gasteiger partial charge >= 0.3 is 0 Å². The van der Waals surface area contributed by atoms with Crippen LogP contribution in [0.4, 0.5) is 0 Å². The summed E-state index contributed by atoms with van der Waals surface area (Å²) in [7, 11) is 3.59. The molecular formula is C18H23NO2. The van der Waals surface area contributed by atoms with Crippen LogP contribution in [-0.4, -0.2) is 44.4 Å². The highest BCUT2D eigenvalue weighted by atomic mass is 16.5. The van der Waals surface area contributed by atoms with Gasteiger partial charge in [-0.15, -0.1) is 0 Å². The van der Waals surface area contributed by atoms with E-state index in [0.29, 0.717) is 12.0 Å². The van der Waals surface area contributed by atoms with E-state index in [4.69, 9.17) is 9.47 Å². The van der Waals surface area contributed by atoms with Gasteiger partial charge < -0.3 is 9.47 Å². The standard InChI is InChI=1S/C18H23NO2/c1-20-14-4-3-12-5-7-19-8-6-13-9-15(21-2)11-17(18(13)19)16(12)10-14/h3-4,9-10,15,17-18H,5-8,11H2,1-2H3/t15-,17-,18+/m0/s1. The highest BCUT2D eigenvalue weighted by Crippen LogP contribution is 2.45. The molecule has 2 heterocycles. The maximum Gasteiger partial charge on any atom is 0.119 e. The molecule has 2 aliphatic heterocycles. The minimum atomic E-state index is 0.262. The van der Waals surface area contributed by atoms with E-state index in [2.05, 4.69) is 29.2 Å². The molecule has 4 rings (SSSR count). The quantitative estimate of drug-likeness (QED) is 0.780. The van der Waals surface area contributed by atoms with Crippen LogP contribution in [0.15, 0.2) is 29.8 Å². The number of benzene rings is 1. The molecule has 1 aromatic rings. The molecule has 1 fully saturated rings. The van der Waals surface area contributed by atoms with Gasteiger partial charge in [0.1, 0.15) is 5.75 Å². The molecule has 3 heteroatoms. The zero-order valence-electron chi connectivity index (χ0n) is 12.8. The van der Waals surface area contributed by atoms with E-state index < -0.39 is 0 Å². The normalized spacial score (nSPS) is 31.1. The molecule has 3 atom stereocenters. The largest absolute Gasteiger partial charge is 0.497 e. The van der Waals surface area contributed by atoms with Gasteiger partial charge in [0.25, 0.3) is 0 Å². The second kappa shape index (κ2) is 5.15. The van der Waals surface area contributed by atoms with Crippen molar-refractivity contribution in [2.75, 3.05) is 27.3 Å². The Kier molecular flexibility index (Phi) is 3.27. The number of hydrogen-bond acceptors (Lipinski definition) is 3. The Hall–Kier alpha value is -1.32. The van der Waals surface area contributed by atoms with Crippen LogP contribution in [0.2, 0.25) is 0 Å². The van der Waals surface area contributed by atoms with Crippen LogP contribution in [0.25, 0.3) is 0 Å². The number of fused-ring (bicyclic) bond motifs is 2. The molecule has 0 unspecified atom stereocenters. The van der Waals surface area contributed by atoms with Crippen LogP contribution in [-0.2, 0) is 11.2 Å². The summed E-state index contributed by atoms with van der Waals surface area (Å²) in [5, 5.41) is 0. The first kappa shape index (κ1) is 13.4. The smallest absolute Gasteiger partial charge is 0.119 e. The number of hydrogen-bond donors (Lipinski definition) is 0. The average molecular weight is 285 g/mol. The molecule has 3 nitrogen and oxygen atoms in total. The molecule has 1 aliphatic carbocycles. The summed E-state index contributed by atoms with van der Waals surface area (Å²) in [6.45, 7) is 2.38. The first-order chi connectivity index (χ1) is 10.3. The third-order valence-corrected chi connectivity index (χ3v) is 5.45. The van der Waals surface area contributed by atoms with E-state index in [9.17, 15) is 0 Å². The van der Waals surface area contributed by atoms with Crippen LogP contribution in [0.1, 0.15) is 29.9 Å². The fourth-order valence-electron chi connectivity index (χ4n) is 4.42. The van der Waals surface area contributed by atoms with Crippen molar-refractivity contribution in [3.63, 3.8) is 0 Å². The fourth-order valence-corrected chi connectivity index (χ4v) is 4.42. The molecule has 0 spiro atoms. The van der Waals surface area contributed by atoms with Crippen LogP contribution < -0.4 is 4.74 Å². The summed E-state index contributed by atoms with van der Waals surface area (Å²) >= 11 is 0. The van der Waals surface area contributed by atoms with Crippen molar-refractivity contribution >= 4 is 0 Å². The van der Waals surface area contributed by atoms with Gasteiger partial charge in [0.15, 0.2) is 0 Å². The Morgan fingerprint density at radius 2 is 2.00 bits per heavy atom. The summed E-state index contributed by atoms with van der Waals surface area (Å²) in [4.78, 5) is 2.68. The van der Waals surface area contributed by atoms with Gasteiger partial charge in [-0.2, -0.15) is 0 Å². The van der Waals surface area contributed by atoms with Crippen molar-refractivity contribution in [2.45, 2.75) is 37.3 Å². The molecule has 0 bridgehead atoms. The van der Waals surface area contributed by atoms with E-state index in [1.807, 2.05) is 7.11 Å². The number of methoxy groups -OCH3 is 2. The summed E-state index contributed by atoms with van der Waals surface area (Å²) < 4.78 is 11.1. The van der Waals surface area contributed by atoms with Gasteiger partial charge in [-0.25, -0.2) is 0 Å². The van der Waals surface area contributed by atoms with E-state index >= 15 is 0 Å². The van der Waals surface area contributed by atoms with Crippen molar-refractivity contribution in [3.8, 4) is 5.75 Å². The fraction of sp³-hybridized carbons (Fsp3) is 0.556. The van der Waals surface area contributed by atoms with Gasteiger partial charge in [-0.1, -0.05) is 17.7 Å². The first-order valence-corrected chi connectivity index (χ1v) is 7.94. The van der Waals surface area contributed by atoms with Crippen LogP contribution in [0, 0.1) is 0 Å². The molecule has 112 valence electrons. The summed E-state index contributed by atoms with van der Waals surface area (Å²) in [5.74, 6) is 1.52. The van der Waals surface area contributed by atoms with Crippen LogP contribution in [0.5, 0.6) is 5.75 Å². The van der Waals surface area contributed by atoms with Gasteiger partial charge in [0, 0.05) is 32.2 Å². The van der Waals surface area contributed by atoms with E-state index in [-0.39, 0.29) is 6.10 Å². The van der Waals surface area contributed by atoms with E-state index in [1.165, 1.54) is 30.6 Å². The van der Waals surface area contributed by atoms with Gasteiger partial charge in [-0.3, -0.25) is 4.90 Å². The predicted octanol–water partition coefficient (Wildman–Crippen LogP) is 2.75. The van der Waals surface area contributed by atoms with Crippen molar-refractivity contribution in [2.24, 2.45) is 0 Å². The molecule has 1 saturated heterocycles. The van der Waals surface area contributed by atoms with E-state index in [1.54, 1.807) is 12.7 Å². The molecule has 0 N–H and O–H groups in total. The molecule has 0 saturated carbocycles. The Morgan fingerprint density at radius 3 is 2.81 bits per heavy atom. The van der Waals surface area contributed by atoms with Crippen LogP contribution >= 0.6 is 0 Å². The van der Waals surface area contributed by atoms with Gasteiger partial charge in [-0.05, 0) is 42.5 Å². The topological polar surface area (TPSA) is 21.7 Å². The monoisotopic (exact) mass is 285 g/mol. The SMILES string of the molecule is COc1ccc2c(c1)[C@@H]1C[C@@H](OC)C=C3CCN(CC2)[C@H]31. The maximum absolute atomic E-state index is 5.68. The van der Waals surface area contributed by atoms with Crippen molar-refractivity contribution in [1.29, 1.82) is 0 Å². The second-order valence-electron chi connectivity index (χ2n) is 6.40. The predicted molar refractivity (Wildman–Crippen MR) is 82.9 cm³/mol. The molecule has 3 aliphatic rings. The molecule has 0 aromatic heterocycles. The van der Waals surface area contributed by atoms with E-state index in [0.717, 1.165) is 18.6 Å². The third-order valence-electron chi connectivity index (χ3n) is 5.45. The molecule has 21 heavy (non-hydrogen) atoms. The maximum atomic E-state index is 5.68. The molecule has 0 radical (unpaired) electrons. The Balaban J connectivity index is 1.81. The van der Waals surface area contributed by atoms with Crippen LogP contribution in [0.3, 0.4) is 0 Å².